The smallest absolute Gasteiger partial charge is 0.115 e. The summed E-state index contributed by atoms with van der Waals surface area (Å²) in [6, 6.07) is 2.16. The molecule has 0 amide bonds. The second-order valence-corrected chi connectivity index (χ2v) is 3.33. The van der Waals surface area contributed by atoms with E-state index in [2.05, 4.69) is 32.4 Å². The summed E-state index contributed by atoms with van der Waals surface area (Å²) in [5.41, 5.74) is 2.13. The Bertz CT molecular complexity index is 383. The summed E-state index contributed by atoms with van der Waals surface area (Å²) >= 11 is 0. The molecule has 0 saturated carbocycles. The zero-order valence-corrected chi connectivity index (χ0v) is 8.51. The molecule has 0 bridgehead atoms. The highest BCUT2D eigenvalue weighted by Gasteiger charge is 2.05. The number of aromatic nitrogens is 4. The lowest BCUT2D eigenvalue weighted by molar-refractivity contribution is 0.567. The highest BCUT2D eigenvalue weighted by atomic mass is 15.1. The van der Waals surface area contributed by atoms with Crippen molar-refractivity contribution in [2.75, 3.05) is 0 Å². The predicted molar refractivity (Wildman–Crippen MR) is 55.9 cm³/mol. The summed E-state index contributed by atoms with van der Waals surface area (Å²) in [7, 11) is 0. The van der Waals surface area contributed by atoms with Crippen LogP contribution in [0.4, 0.5) is 0 Å². The number of aromatic amines is 1. The largest absolute Gasteiger partial charge is 0.304 e. The van der Waals surface area contributed by atoms with Crippen LogP contribution in [0, 0.1) is 0 Å². The quantitative estimate of drug-likeness (QED) is 0.779. The van der Waals surface area contributed by atoms with E-state index in [4.69, 9.17) is 0 Å². The van der Waals surface area contributed by atoms with Crippen LogP contribution in [-0.2, 0) is 6.54 Å². The molecule has 5 heteroatoms. The molecule has 5 nitrogen and oxygen atoms in total. The molecule has 0 radical (unpaired) electrons. The third-order valence-electron chi connectivity index (χ3n) is 2.25. The second-order valence-electron chi connectivity index (χ2n) is 3.33. The van der Waals surface area contributed by atoms with Gasteiger partial charge in [0.05, 0.1) is 11.9 Å². The van der Waals surface area contributed by atoms with E-state index in [9.17, 15) is 0 Å². The maximum atomic E-state index is 4.13. The Hall–Kier alpha value is -1.75. The van der Waals surface area contributed by atoms with Crippen molar-refractivity contribution in [1.29, 1.82) is 0 Å². The van der Waals surface area contributed by atoms with Gasteiger partial charge in [0, 0.05) is 30.5 Å². The van der Waals surface area contributed by atoms with Gasteiger partial charge in [-0.25, -0.2) is 9.97 Å². The van der Waals surface area contributed by atoms with Crippen molar-refractivity contribution < 1.29 is 0 Å². The van der Waals surface area contributed by atoms with E-state index >= 15 is 0 Å². The molecule has 0 spiro atoms. The monoisotopic (exact) mass is 203 g/mol. The summed E-state index contributed by atoms with van der Waals surface area (Å²) in [6.07, 6.45) is 7.00. The molecule has 2 rings (SSSR count). The lowest BCUT2D eigenvalue weighted by atomic mass is 10.2. The third-order valence-corrected chi connectivity index (χ3v) is 2.25. The molecule has 78 valence electrons. The summed E-state index contributed by atoms with van der Waals surface area (Å²) in [5.74, 6) is 0. The van der Waals surface area contributed by atoms with E-state index in [1.807, 2.05) is 18.5 Å². The standard InChI is InChI=1S/C10H13N5/c1-8(9-4-14-15-5-9)12-6-10-2-3-11-7-13-10/h2-5,7-8,12H,6H2,1H3,(H,14,15). The van der Waals surface area contributed by atoms with E-state index in [1.165, 1.54) is 0 Å². The Morgan fingerprint density at radius 3 is 3.13 bits per heavy atom. The minimum absolute atomic E-state index is 0.263. The van der Waals surface area contributed by atoms with Crippen molar-refractivity contribution in [3.05, 3.63) is 42.2 Å². The van der Waals surface area contributed by atoms with Crippen LogP contribution in [0.3, 0.4) is 0 Å². The Morgan fingerprint density at radius 2 is 2.47 bits per heavy atom. The van der Waals surface area contributed by atoms with Gasteiger partial charge in [-0.2, -0.15) is 5.10 Å². The average Bonchev–Trinajstić information content (AvgIpc) is 2.81. The number of H-pyrrole nitrogens is 1. The Labute approximate surface area is 88.0 Å². The minimum Gasteiger partial charge on any atom is -0.304 e. The first-order chi connectivity index (χ1) is 7.36. The van der Waals surface area contributed by atoms with Gasteiger partial charge in [0.25, 0.3) is 0 Å². The van der Waals surface area contributed by atoms with Crippen molar-refractivity contribution in [3.8, 4) is 0 Å². The number of nitrogens with one attached hydrogen (secondary N) is 2. The van der Waals surface area contributed by atoms with E-state index < -0.39 is 0 Å². The summed E-state index contributed by atoms with van der Waals surface area (Å²) < 4.78 is 0. The first kappa shape index (κ1) is 9.79. The van der Waals surface area contributed by atoms with E-state index in [0.29, 0.717) is 0 Å². The van der Waals surface area contributed by atoms with Gasteiger partial charge in [0.2, 0.25) is 0 Å². The van der Waals surface area contributed by atoms with Crippen molar-refractivity contribution in [1.82, 2.24) is 25.5 Å². The first-order valence-electron chi connectivity index (χ1n) is 4.83. The maximum Gasteiger partial charge on any atom is 0.115 e. The molecule has 1 atom stereocenters. The van der Waals surface area contributed by atoms with Gasteiger partial charge in [-0.15, -0.1) is 0 Å². The molecular weight excluding hydrogens is 190 g/mol. The van der Waals surface area contributed by atoms with Gasteiger partial charge in [-0.3, -0.25) is 5.10 Å². The molecular formula is C10H13N5. The summed E-state index contributed by atoms with van der Waals surface area (Å²) in [6.45, 7) is 2.82. The maximum absolute atomic E-state index is 4.13. The zero-order chi connectivity index (χ0) is 10.5. The molecule has 0 aliphatic heterocycles. The Morgan fingerprint density at radius 1 is 1.53 bits per heavy atom. The Kier molecular flexibility index (Phi) is 3.04. The molecule has 0 saturated heterocycles. The van der Waals surface area contributed by atoms with Gasteiger partial charge in [0.15, 0.2) is 0 Å². The van der Waals surface area contributed by atoms with E-state index in [1.54, 1.807) is 12.5 Å². The fourth-order valence-corrected chi connectivity index (χ4v) is 1.30. The first-order valence-corrected chi connectivity index (χ1v) is 4.83. The summed E-state index contributed by atoms with van der Waals surface area (Å²) in [4.78, 5) is 8.00. The van der Waals surface area contributed by atoms with Gasteiger partial charge in [0.1, 0.15) is 6.33 Å². The van der Waals surface area contributed by atoms with Crippen LogP contribution in [0.15, 0.2) is 31.0 Å². The fraction of sp³-hybridized carbons (Fsp3) is 0.300. The molecule has 0 aliphatic rings. The highest BCUT2D eigenvalue weighted by molar-refractivity contribution is 5.08. The normalized spacial score (nSPS) is 12.6. The third kappa shape index (κ3) is 2.60. The zero-order valence-electron chi connectivity index (χ0n) is 8.51. The van der Waals surface area contributed by atoms with Crippen LogP contribution in [0.2, 0.25) is 0 Å². The fourth-order valence-electron chi connectivity index (χ4n) is 1.30. The summed E-state index contributed by atoms with van der Waals surface area (Å²) in [5, 5.41) is 10.1. The van der Waals surface area contributed by atoms with Gasteiger partial charge in [-0.1, -0.05) is 0 Å². The molecule has 1 unspecified atom stereocenters. The van der Waals surface area contributed by atoms with E-state index in [0.717, 1.165) is 17.8 Å². The molecule has 2 N–H and O–H groups in total. The van der Waals surface area contributed by atoms with Crippen molar-refractivity contribution in [2.24, 2.45) is 0 Å². The van der Waals surface area contributed by atoms with Gasteiger partial charge >= 0.3 is 0 Å². The minimum atomic E-state index is 0.263. The van der Waals surface area contributed by atoms with Crippen LogP contribution in [-0.4, -0.2) is 20.2 Å². The van der Waals surface area contributed by atoms with Gasteiger partial charge in [-0.05, 0) is 13.0 Å². The molecule has 0 aromatic carbocycles. The van der Waals surface area contributed by atoms with Crippen molar-refractivity contribution in [3.63, 3.8) is 0 Å². The lowest BCUT2D eigenvalue weighted by Gasteiger charge is -2.10. The SMILES string of the molecule is CC(NCc1ccncn1)c1cn[nH]c1. The van der Waals surface area contributed by atoms with Crippen LogP contribution in [0.25, 0.3) is 0 Å². The second kappa shape index (κ2) is 4.65. The van der Waals surface area contributed by atoms with E-state index in [-0.39, 0.29) is 6.04 Å². The average molecular weight is 203 g/mol. The van der Waals surface area contributed by atoms with Crippen molar-refractivity contribution >= 4 is 0 Å². The van der Waals surface area contributed by atoms with Crippen LogP contribution < -0.4 is 5.32 Å². The molecule has 2 aromatic rings. The highest BCUT2D eigenvalue weighted by Crippen LogP contribution is 2.09. The molecule has 2 aromatic heterocycles. The molecule has 0 fully saturated rings. The molecule has 0 aliphatic carbocycles. The molecule has 2 heterocycles. The van der Waals surface area contributed by atoms with Crippen LogP contribution in [0.5, 0.6) is 0 Å². The lowest BCUT2D eigenvalue weighted by Crippen LogP contribution is -2.18. The van der Waals surface area contributed by atoms with Crippen LogP contribution in [0.1, 0.15) is 24.2 Å². The number of hydrogen-bond donors (Lipinski definition) is 2. The number of hydrogen-bond acceptors (Lipinski definition) is 4. The van der Waals surface area contributed by atoms with Gasteiger partial charge < -0.3 is 5.32 Å². The number of nitrogens with zero attached hydrogens (tertiary/aromatic N) is 3. The Balaban J connectivity index is 1.89. The number of rotatable bonds is 4. The molecule has 15 heavy (non-hydrogen) atoms. The predicted octanol–water partition coefficient (Wildman–Crippen LogP) is 1.05. The van der Waals surface area contributed by atoms with Crippen molar-refractivity contribution in [2.45, 2.75) is 19.5 Å². The van der Waals surface area contributed by atoms with Crippen LogP contribution >= 0.6 is 0 Å². The topological polar surface area (TPSA) is 66.5 Å².